The fourth-order valence-electron chi connectivity index (χ4n) is 1.62. The Labute approximate surface area is 105 Å². The number of furan rings is 1. The molecule has 0 bridgehead atoms. The lowest BCUT2D eigenvalue weighted by Gasteiger charge is -1.96. The first-order chi connectivity index (χ1) is 8.20. The highest BCUT2D eigenvalue weighted by atomic mass is 35.5. The molecule has 0 aliphatic carbocycles. The Morgan fingerprint density at radius 3 is 3.00 bits per heavy atom. The summed E-state index contributed by atoms with van der Waals surface area (Å²) in [4.78, 5) is 12.0. The van der Waals surface area contributed by atoms with Gasteiger partial charge in [-0.1, -0.05) is 23.4 Å². The third-order valence-corrected chi connectivity index (χ3v) is 3.16. The summed E-state index contributed by atoms with van der Waals surface area (Å²) in [6, 6.07) is 1.70. The lowest BCUT2D eigenvalue weighted by Crippen LogP contribution is -1.85. The van der Waals surface area contributed by atoms with Crippen LogP contribution in [0.25, 0.3) is 22.1 Å². The summed E-state index contributed by atoms with van der Waals surface area (Å²) >= 11 is 7.24. The van der Waals surface area contributed by atoms with Gasteiger partial charge >= 0.3 is 0 Å². The van der Waals surface area contributed by atoms with Crippen LogP contribution in [0.4, 0.5) is 0 Å². The molecular weight excluding hydrogens is 262 g/mol. The molecule has 0 saturated heterocycles. The molecule has 3 aromatic heterocycles. The Morgan fingerprint density at radius 1 is 1.41 bits per heavy atom. The van der Waals surface area contributed by atoms with E-state index >= 15 is 0 Å². The average Bonchev–Trinajstić information content (AvgIpc) is 2.69. The highest BCUT2D eigenvalue weighted by Crippen LogP contribution is 2.35. The minimum Gasteiger partial charge on any atom is -0.493 e. The summed E-state index contributed by atoms with van der Waals surface area (Å²) in [7, 11) is 0. The molecule has 0 aliphatic rings. The Balaban J connectivity index is 2.51. The summed E-state index contributed by atoms with van der Waals surface area (Å²) in [5, 5.41) is 11.7. The Bertz CT molecular complexity index is 728. The summed E-state index contributed by atoms with van der Waals surface area (Å²) in [5.74, 6) is -0.111. The number of aromatic nitrogens is 3. The van der Waals surface area contributed by atoms with Crippen LogP contribution in [-0.4, -0.2) is 26.3 Å². The van der Waals surface area contributed by atoms with Gasteiger partial charge in [0.25, 0.3) is 0 Å². The summed E-state index contributed by atoms with van der Waals surface area (Å²) < 4.78 is 5.49. The summed E-state index contributed by atoms with van der Waals surface area (Å²) in [6.45, 7) is 0. The normalized spacial score (nSPS) is 11.4. The predicted molar refractivity (Wildman–Crippen MR) is 65.6 cm³/mol. The largest absolute Gasteiger partial charge is 0.493 e. The van der Waals surface area contributed by atoms with Crippen molar-refractivity contribution in [3.63, 3.8) is 0 Å². The van der Waals surface area contributed by atoms with Crippen molar-refractivity contribution < 1.29 is 9.52 Å². The van der Waals surface area contributed by atoms with Crippen molar-refractivity contribution in [2.75, 3.05) is 6.26 Å². The maximum absolute atomic E-state index is 9.87. The quantitative estimate of drug-likeness (QED) is 0.415. The van der Waals surface area contributed by atoms with Crippen LogP contribution in [0, 0.1) is 0 Å². The molecule has 0 saturated carbocycles. The van der Waals surface area contributed by atoms with E-state index in [0.717, 1.165) is 0 Å². The number of fused-ring (bicyclic) bond motifs is 3. The number of nitrogens with zero attached hydrogens (tertiary/aromatic N) is 3. The molecule has 0 aromatic carbocycles. The van der Waals surface area contributed by atoms with E-state index in [2.05, 4.69) is 15.0 Å². The predicted octanol–water partition coefficient (Wildman–Crippen LogP) is 2.85. The summed E-state index contributed by atoms with van der Waals surface area (Å²) in [6.07, 6.45) is 3.36. The molecule has 17 heavy (non-hydrogen) atoms. The zero-order valence-electron chi connectivity index (χ0n) is 8.64. The van der Waals surface area contributed by atoms with Gasteiger partial charge in [-0.3, -0.25) is 0 Å². The van der Waals surface area contributed by atoms with Gasteiger partial charge in [0, 0.05) is 11.6 Å². The number of pyridine rings is 1. The molecule has 3 aromatic rings. The van der Waals surface area contributed by atoms with Gasteiger partial charge in [-0.2, -0.15) is 9.97 Å². The van der Waals surface area contributed by atoms with E-state index in [0.29, 0.717) is 27.2 Å². The van der Waals surface area contributed by atoms with Gasteiger partial charge < -0.3 is 9.52 Å². The molecule has 7 heteroatoms. The van der Waals surface area contributed by atoms with Crippen molar-refractivity contribution in [1.82, 2.24) is 15.0 Å². The standard InChI is InChI=1S/C10H6ClN3O2S/c1-17-10-13-8(15)5-4-2-3-12-7(11)6(4)16-9(5)14-10/h2-3H,1H3,(H,13,14,15). The minimum absolute atomic E-state index is 0.111. The second-order valence-corrected chi connectivity index (χ2v) is 4.43. The first-order valence-electron chi connectivity index (χ1n) is 4.68. The Hall–Kier alpha value is -1.53. The van der Waals surface area contributed by atoms with Gasteiger partial charge in [-0.25, -0.2) is 4.98 Å². The van der Waals surface area contributed by atoms with Crippen molar-refractivity contribution in [2.45, 2.75) is 5.16 Å². The Morgan fingerprint density at radius 2 is 2.24 bits per heavy atom. The van der Waals surface area contributed by atoms with E-state index in [1.165, 1.54) is 11.8 Å². The molecule has 0 amide bonds. The number of halogens is 1. The molecule has 3 rings (SSSR count). The molecular formula is C10H6ClN3O2S. The van der Waals surface area contributed by atoms with Gasteiger partial charge in [0.2, 0.25) is 11.6 Å². The fraction of sp³-hybridized carbons (Fsp3) is 0.100. The lowest BCUT2D eigenvalue weighted by molar-refractivity contribution is 0.452. The van der Waals surface area contributed by atoms with Gasteiger partial charge in [0.05, 0.1) is 0 Å². The van der Waals surface area contributed by atoms with Crippen LogP contribution in [0.5, 0.6) is 5.88 Å². The topological polar surface area (TPSA) is 72.0 Å². The van der Waals surface area contributed by atoms with Crippen LogP contribution in [0.15, 0.2) is 21.8 Å². The number of hydrogen-bond donors (Lipinski definition) is 1. The van der Waals surface area contributed by atoms with Gasteiger partial charge in [-0.15, -0.1) is 0 Å². The van der Waals surface area contributed by atoms with Crippen LogP contribution in [0.3, 0.4) is 0 Å². The van der Waals surface area contributed by atoms with Crippen LogP contribution >= 0.6 is 23.4 Å². The number of thioether (sulfide) groups is 1. The first-order valence-corrected chi connectivity index (χ1v) is 6.28. The van der Waals surface area contributed by atoms with Crippen molar-refractivity contribution >= 4 is 45.4 Å². The smallest absolute Gasteiger partial charge is 0.235 e. The third kappa shape index (κ3) is 1.52. The van der Waals surface area contributed by atoms with Crippen LogP contribution in [0.2, 0.25) is 5.15 Å². The molecule has 86 valence electrons. The molecule has 0 spiro atoms. The van der Waals surface area contributed by atoms with Crippen LogP contribution in [-0.2, 0) is 0 Å². The van der Waals surface area contributed by atoms with E-state index in [4.69, 9.17) is 16.0 Å². The maximum Gasteiger partial charge on any atom is 0.235 e. The molecule has 0 aliphatic heterocycles. The average molecular weight is 268 g/mol. The third-order valence-electron chi connectivity index (χ3n) is 2.35. The van der Waals surface area contributed by atoms with Crippen LogP contribution in [0.1, 0.15) is 0 Å². The second-order valence-electron chi connectivity index (χ2n) is 3.29. The van der Waals surface area contributed by atoms with Crippen molar-refractivity contribution in [1.29, 1.82) is 0 Å². The lowest BCUT2D eigenvalue weighted by atomic mass is 10.2. The van der Waals surface area contributed by atoms with Gasteiger partial charge in [-0.05, 0) is 12.3 Å². The van der Waals surface area contributed by atoms with E-state index in [-0.39, 0.29) is 11.0 Å². The van der Waals surface area contributed by atoms with Gasteiger partial charge in [0.1, 0.15) is 5.39 Å². The summed E-state index contributed by atoms with van der Waals surface area (Å²) in [5.41, 5.74) is 0.721. The highest BCUT2D eigenvalue weighted by Gasteiger charge is 2.17. The van der Waals surface area contributed by atoms with Crippen LogP contribution < -0.4 is 0 Å². The fourth-order valence-corrected chi connectivity index (χ4v) is 2.17. The minimum atomic E-state index is -0.111. The molecule has 0 atom stereocenters. The zero-order chi connectivity index (χ0) is 12.0. The molecule has 0 fully saturated rings. The number of hydrogen-bond acceptors (Lipinski definition) is 6. The molecule has 0 unspecified atom stereocenters. The maximum atomic E-state index is 9.87. The molecule has 5 nitrogen and oxygen atoms in total. The van der Waals surface area contributed by atoms with Crippen molar-refractivity contribution in [3.05, 3.63) is 17.4 Å². The van der Waals surface area contributed by atoms with Gasteiger partial charge in [0.15, 0.2) is 15.9 Å². The molecule has 3 heterocycles. The molecule has 1 N–H and O–H groups in total. The van der Waals surface area contributed by atoms with E-state index in [9.17, 15) is 5.11 Å². The SMILES string of the molecule is CSc1nc(O)c2c(n1)oc1c(Cl)nccc12. The molecule has 0 radical (unpaired) electrons. The van der Waals surface area contributed by atoms with Crippen molar-refractivity contribution in [2.24, 2.45) is 0 Å². The van der Waals surface area contributed by atoms with E-state index in [1.807, 2.05) is 6.26 Å². The number of aromatic hydroxyl groups is 1. The van der Waals surface area contributed by atoms with Crippen molar-refractivity contribution in [3.8, 4) is 5.88 Å². The first kappa shape index (κ1) is 10.6. The zero-order valence-corrected chi connectivity index (χ0v) is 10.2. The highest BCUT2D eigenvalue weighted by molar-refractivity contribution is 7.98. The second kappa shape index (κ2) is 3.75. The monoisotopic (exact) mass is 267 g/mol. The van der Waals surface area contributed by atoms with E-state index < -0.39 is 0 Å². The number of rotatable bonds is 1. The Kier molecular flexibility index (Phi) is 2.34. The van der Waals surface area contributed by atoms with E-state index in [1.54, 1.807) is 12.3 Å².